The topological polar surface area (TPSA) is 58.6 Å². The molecular weight excluding hydrogens is 302 g/mol. The second-order valence-electron chi connectivity index (χ2n) is 6.05. The molecule has 0 fully saturated rings. The number of carbonyl (C=O) groups excluding carboxylic acids is 1. The largest absolute Gasteiger partial charge is 0.493 e. The van der Waals surface area contributed by atoms with E-state index in [-0.39, 0.29) is 18.9 Å². The zero-order valence-electron chi connectivity index (χ0n) is 14.2. The van der Waals surface area contributed by atoms with Crippen molar-refractivity contribution in [2.75, 3.05) is 13.2 Å². The maximum absolute atomic E-state index is 11.8. The average Bonchev–Trinajstić information content (AvgIpc) is 2.60. The summed E-state index contributed by atoms with van der Waals surface area (Å²) in [5, 5.41) is 12.9. The van der Waals surface area contributed by atoms with E-state index in [1.165, 1.54) is 5.56 Å². The number of carbonyl (C=O) groups is 1. The summed E-state index contributed by atoms with van der Waals surface area (Å²) >= 11 is 0. The third-order valence-corrected chi connectivity index (χ3v) is 3.82. The molecule has 0 saturated heterocycles. The van der Waals surface area contributed by atoms with Gasteiger partial charge in [-0.15, -0.1) is 0 Å². The Morgan fingerprint density at radius 3 is 2.29 bits per heavy atom. The lowest BCUT2D eigenvalue weighted by molar-refractivity contribution is -0.122. The Labute approximate surface area is 143 Å². The smallest absolute Gasteiger partial charge is 0.223 e. The standard InChI is InChI=1S/C20H25NO3/c1-15(2)16-8-10-17(11-9-16)19(22)14-21-20(23)12-13-24-18-6-4-3-5-7-18/h3-11,15,19,22H,12-14H2,1-2H3,(H,21,23). The number of hydrogen-bond acceptors (Lipinski definition) is 3. The second kappa shape index (κ2) is 9.08. The van der Waals surface area contributed by atoms with Gasteiger partial charge in [0.2, 0.25) is 5.91 Å². The second-order valence-corrected chi connectivity index (χ2v) is 6.05. The number of rotatable bonds is 8. The fourth-order valence-electron chi connectivity index (χ4n) is 2.30. The lowest BCUT2D eigenvalue weighted by Crippen LogP contribution is -2.29. The van der Waals surface area contributed by atoms with Crippen LogP contribution in [0, 0.1) is 0 Å². The molecule has 0 radical (unpaired) electrons. The van der Waals surface area contributed by atoms with E-state index in [1.54, 1.807) is 0 Å². The van der Waals surface area contributed by atoms with E-state index in [2.05, 4.69) is 19.2 Å². The first kappa shape index (κ1) is 18.0. The summed E-state index contributed by atoms with van der Waals surface area (Å²) in [4.78, 5) is 11.8. The third kappa shape index (κ3) is 5.70. The number of aliphatic hydroxyl groups is 1. The van der Waals surface area contributed by atoms with E-state index in [0.717, 1.165) is 11.3 Å². The fraction of sp³-hybridized carbons (Fsp3) is 0.350. The normalized spacial score (nSPS) is 12.0. The van der Waals surface area contributed by atoms with E-state index >= 15 is 0 Å². The van der Waals surface area contributed by atoms with E-state index in [1.807, 2.05) is 54.6 Å². The molecule has 4 nitrogen and oxygen atoms in total. The summed E-state index contributed by atoms with van der Waals surface area (Å²) in [5.74, 6) is 1.07. The van der Waals surface area contributed by atoms with Crippen molar-refractivity contribution in [2.45, 2.75) is 32.3 Å². The van der Waals surface area contributed by atoms with Gasteiger partial charge in [0.25, 0.3) is 0 Å². The predicted molar refractivity (Wildman–Crippen MR) is 95.1 cm³/mol. The number of ether oxygens (including phenoxy) is 1. The molecule has 1 atom stereocenters. The van der Waals surface area contributed by atoms with E-state index in [9.17, 15) is 9.90 Å². The highest BCUT2D eigenvalue weighted by atomic mass is 16.5. The zero-order valence-corrected chi connectivity index (χ0v) is 14.2. The van der Waals surface area contributed by atoms with Crippen LogP contribution in [-0.2, 0) is 4.79 Å². The molecule has 1 unspecified atom stereocenters. The maximum Gasteiger partial charge on any atom is 0.223 e. The van der Waals surface area contributed by atoms with Crippen molar-refractivity contribution in [3.05, 3.63) is 65.7 Å². The van der Waals surface area contributed by atoms with Crippen LogP contribution >= 0.6 is 0 Å². The van der Waals surface area contributed by atoms with Crippen molar-refractivity contribution in [3.8, 4) is 5.75 Å². The first-order valence-electron chi connectivity index (χ1n) is 8.28. The Morgan fingerprint density at radius 1 is 1.04 bits per heavy atom. The van der Waals surface area contributed by atoms with Crippen molar-refractivity contribution >= 4 is 5.91 Å². The molecule has 0 spiro atoms. The number of amides is 1. The molecule has 128 valence electrons. The summed E-state index contributed by atoms with van der Waals surface area (Å²) in [6.45, 7) is 4.77. The molecule has 24 heavy (non-hydrogen) atoms. The number of aliphatic hydroxyl groups excluding tert-OH is 1. The monoisotopic (exact) mass is 327 g/mol. The Balaban J connectivity index is 1.70. The minimum Gasteiger partial charge on any atom is -0.493 e. The molecule has 0 aliphatic heterocycles. The van der Waals surface area contributed by atoms with Crippen LogP contribution in [0.4, 0.5) is 0 Å². The first-order valence-corrected chi connectivity index (χ1v) is 8.28. The van der Waals surface area contributed by atoms with E-state index in [0.29, 0.717) is 12.5 Å². The molecule has 0 bridgehead atoms. The molecular formula is C20H25NO3. The van der Waals surface area contributed by atoms with Crippen LogP contribution in [0.1, 0.15) is 43.4 Å². The van der Waals surface area contributed by atoms with E-state index < -0.39 is 6.10 Å². The van der Waals surface area contributed by atoms with Crippen LogP contribution in [0.2, 0.25) is 0 Å². The quantitative estimate of drug-likeness (QED) is 0.781. The summed E-state index contributed by atoms with van der Waals surface area (Å²) in [6, 6.07) is 17.2. The average molecular weight is 327 g/mol. The molecule has 1 amide bonds. The highest BCUT2D eigenvalue weighted by Crippen LogP contribution is 2.18. The van der Waals surface area contributed by atoms with Crippen molar-refractivity contribution in [1.82, 2.24) is 5.32 Å². The molecule has 0 saturated carbocycles. The molecule has 2 rings (SSSR count). The van der Waals surface area contributed by atoms with Crippen LogP contribution in [-0.4, -0.2) is 24.2 Å². The van der Waals surface area contributed by atoms with Gasteiger partial charge in [-0.05, 0) is 29.2 Å². The van der Waals surface area contributed by atoms with Crippen molar-refractivity contribution in [1.29, 1.82) is 0 Å². The highest BCUT2D eigenvalue weighted by molar-refractivity contribution is 5.76. The maximum atomic E-state index is 11.8. The zero-order chi connectivity index (χ0) is 17.4. The Bertz CT molecular complexity index is 623. The SMILES string of the molecule is CC(C)c1ccc(C(O)CNC(=O)CCOc2ccccc2)cc1. The van der Waals surface area contributed by atoms with Gasteiger partial charge in [-0.2, -0.15) is 0 Å². The van der Waals surface area contributed by atoms with Gasteiger partial charge in [-0.1, -0.05) is 56.3 Å². The van der Waals surface area contributed by atoms with Crippen molar-refractivity contribution < 1.29 is 14.6 Å². The minimum atomic E-state index is -0.704. The molecule has 4 heteroatoms. The molecule has 0 aromatic heterocycles. The molecule has 2 aromatic rings. The summed E-state index contributed by atoms with van der Waals surface area (Å²) < 4.78 is 5.48. The highest BCUT2D eigenvalue weighted by Gasteiger charge is 2.10. The summed E-state index contributed by atoms with van der Waals surface area (Å²) in [7, 11) is 0. The Kier molecular flexibility index (Phi) is 6.82. The van der Waals surface area contributed by atoms with Crippen LogP contribution in [0.25, 0.3) is 0 Å². The van der Waals surface area contributed by atoms with Crippen molar-refractivity contribution in [3.63, 3.8) is 0 Å². The Morgan fingerprint density at radius 2 is 1.67 bits per heavy atom. The number of benzene rings is 2. The van der Waals surface area contributed by atoms with Gasteiger partial charge in [0.1, 0.15) is 5.75 Å². The first-order chi connectivity index (χ1) is 11.6. The van der Waals surface area contributed by atoms with E-state index in [4.69, 9.17) is 4.74 Å². The molecule has 2 aromatic carbocycles. The van der Waals surface area contributed by atoms with Crippen LogP contribution < -0.4 is 10.1 Å². The van der Waals surface area contributed by atoms with Crippen LogP contribution in [0.3, 0.4) is 0 Å². The lowest BCUT2D eigenvalue weighted by Gasteiger charge is -2.14. The van der Waals surface area contributed by atoms with Gasteiger partial charge in [-0.3, -0.25) is 4.79 Å². The lowest BCUT2D eigenvalue weighted by atomic mass is 10.00. The van der Waals surface area contributed by atoms with Gasteiger partial charge >= 0.3 is 0 Å². The molecule has 0 aliphatic rings. The minimum absolute atomic E-state index is 0.135. The van der Waals surface area contributed by atoms with Gasteiger partial charge in [0.05, 0.1) is 19.1 Å². The molecule has 2 N–H and O–H groups in total. The van der Waals surface area contributed by atoms with Crippen molar-refractivity contribution in [2.24, 2.45) is 0 Å². The van der Waals surface area contributed by atoms with Gasteiger partial charge in [-0.25, -0.2) is 0 Å². The Hall–Kier alpha value is -2.33. The summed E-state index contributed by atoms with van der Waals surface area (Å²) in [5.41, 5.74) is 2.04. The summed E-state index contributed by atoms with van der Waals surface area (Å²) in [6.07, 6.45) is -0.446. The van der Waals surface area contributed by atoms with Gasteiger partial charge in [0.15, 0.2) is 0 Å². The number of para-hydroxylation sites is 1. The van der Waals surface area contributed by atoms with Gasteiger partial charge < -0.3 is 15.2 Å². The molecule has 0 aliphatic carbocycles. The van der Waals surface area contributed by atoms with Crippen LogP contribution in [0.5, 0.6) is 5.75 Å². The number of nitrogens with one attached hydrogen (secondary N) is 1. The number of hydrogen-bond donors (Lipinski definition) is 2. The molecule has 0 heterocycles. The fourth-order valence-corrected chi connectivity index (χ4v) is 2.30. The predicted octanol–water partition coefficient (Wildman–Crippen LogP) is 3.43. The third-order valence-electron chi connectivity index (χ3n) is 3.82. The van der Waals surface area contributed by atoms with Gasteiger partial charge in [0, 0.05) is 6.54 Å². The van der Waals surface area contributed by atoms with Crippen LogP contribution in [0.15, 0.2) is 54.6 Å².